The molecule has 0 aliphatic carbocycles. The average Bonchev–Trinajstić information content (AvgIpc) is 2.13. The van der Waals surface area contributed by atoms with Crippen LogP contribution in [-0.2, 0) is 4.28 Å². The minimum atomic E-state index is 0.998. The maximum Gasteiger partial charge on any atom is 0.0525 e. The van der Waals surface area contributed by atoms with Gasteiger partial charge in [0.05, 0.1) is 12.0 Å². The zero-order valence-corrected chi connectivity index (χ0v) is 8.39. The van der Waals surface area contributed by atoms with Crippen molar-refractivity contribution in [2.75, 3.05) is 0 Å². The van der Waals surface area contributed by atoms with Crippen molar-refractivity contribution in [3.63, 3.8) is 0 Å². The van der Waals surface area contributed by atoms with Crippen molar-refractivity contribution in [3.8, 4) is 0 Å². The molecule has 0 aromatic carbocycles. The van der Waals surface area contributed by atoms with Gasteiger partial charge in [-0.25, -0.2) is 10.2 Å². The molecule has 0 aliphatic rings. The van der Waals surface area contributed by atoms with Crippen LogP contribution in [0.25, 0.3) is 0 Å². The summed E-state index contributed by atoms with van der Waals surface area (Å²) in [5.74, 6) is 4.87. The van der Waals surface area contributed by atoms with E-state index in [0.717, 1.165) is 22.5 Å². The Hall–Kier alpha value is -0.580. The molecule has 0 bridgehead atoms. The lowest BCUT2D eigenvalue weighted by atomic mass is 10.3. The van der Waals surface area contributed by atoms with Crippen LogP contribution in [-0.4, -0.2) is 4.98 Å². The molecule has 12 heavy (non-hydrogen) atoms. The summed E-state index contributed by atoms with van der Waals surface area (Å²) in [5.41, 5.74) is 1.07. The van der Waals surface area contributed by atoms with Gasteiger partial charge in [-0.2, -0.15) is 0 Å². The summed E-state index contributed by atoms with van der Waals surface area (Å²) >= 11 is 1.14. The molecule has 0 aliphatic heterocycles. The van der Waals surface area contributed by atoms with Crippen molar-refractivity contribution in [2.45, 2.75) is 25.7 Å². The summed E-state index contributed by atoms with van der Waals surface area (Å²) in [7, 11) is 0. The highest BCUT2D eigenvalue weighted by Crippen LogP contribution is 2.19. The van der Waals surface area contributed by atoms with Crippen molar-refractivity contribution < 1.29 is 4.28 Å². The van der Waals surface area contributed by atoms with Crippen LogP contribution in [0.1, 0.15) is 19.4 Å². The Morgan fingerprint density at radius 2 is 2.17 bits per heavy atom. The Labute approximate surface area is 77.5 Å². The fraction of sp³-hybridized carbons (Fsp3) is 0.375. The van der Waals surface area contributed by atoms with Crippen LogP contribution in [0.5, 0.6) is 0 Å². The predicted molar refractivity (Wildman–Crippen MR) is 51.5 cm³/mol. The molecule has 1 aromatic rings. The van der Waals surface area contributed by atoms with E-state index in [4.69, 9.17) is 5.90 Å². The molecular formula is C8H14N2OS. The van der Waals surface area contributed by atoms with Gasteiger partial charge in [0.25, 0.3) is 0 Å². The lowest BCUT2D eigenvalue weighted by Crippen LogP contribution is -1.89. The van der Waals surface area contributed by atoms with Gasteiger partial charge in [-0.05, 0) is 18.6 Å². The Bertz CT molecular complexity index is 218. The van der Waals surface area contributed by atoms with Crippen LogP contribution in [0.3, 0.4) is 0 Å². The van der Waals surface area contributed by atoms with Gasteiger partial charge in [-0.15, -0.1) is 0 Å². The maximum absolute atomic E-state index is 4.87. The average molecular weight is 186 g/mol. The molecular weight excluding hydrogens is 172 g/mol. The minimum absolute atomic E-state index is 0.998. The molecule has 0 saturated carbocycles. The molecule has 0 saturated heterocycles. The van der Waals surface area contributed by atoms with Crippen molar-refractivity contribution in [3.05, 3.63) is 24.0 Å². The minimum Gasteiger partial charge on any atom is -0.264 e. The molecule has 1 aromatic heterocycles. The Morgan fingerprint density at radius 3 is 2.67 bits per heavy atom. The second kappa shape index (κ2) is 7.09. The fourth-order valence-corrected chi connectivity index (χ4v) is 1.01. The highest BCUT2D eigenvalue weighted by Gasteiger charge is 1.95. The molecule has 0 radical (unpaired) electrons. The summed E-state index contributed by atoms with van der Waals surface area (Å²) in [5, 5.41) is 0. The molecule has 3 nitrogen and oxygen atoms in total. The number of aryl methyl sites for hydroxylation is 1. The van der Waals surface area contributed by atoms with Crippen molar-refractivity contribution >= 4 is 12.0 Å². The van der Waals surface area contributed by atoms with Crippen LogP contribution in [0.15, 0.2) is 23.4 Å². The Kier molecular flexibility index (Phi) is 6.75. The van der Waals surface area contributed by atoms with E-state index in [9.17, 15) is 0 Å². The molecule has 0 spiro atoms. The normalized spacial score (nSPS) is 8.67. The quantitative estimate of drug-likeness (QED) is 0.568. The smallest absolute Gasteiger partial charge is 0.0525 e. The highest BCUT2D eigenvalue weighted by molar-refractivity contribution is 7.94. The van der Waals surface area contributed by atoms with Gasteiger partial charge in [0, 0.05) is 17.3 Å². The monoisotopic (exact) mass is 186 g/mol. The number of nitrogens with two attached hydrogens (primary N) is 1. The van der Waals surface area contributed by atoms with E-state index >= 15 is 0 Å². The van der Waals surface area contributed by atoms with Crippen LogP contribution in [0.2, 0.25) is 0 Å². The predicted octanol–water partition coefficient (Wildman–Crippen LogP) is 2.31. The molecule has 4 heteroatoms. The topological polar surface area (TPSA) is 48.1 Å². The number of hydrogen-bond donors (Lipinski definition) is 1. The van der Waals surface area contributed by atoms with Gasteiger partial charge in [-0.3, -0.25) is 4.98 Å². The molecule has 1 heterocycles. The van der Waals surface area contributed by atoms with E-state index in [-0.39, 0.29) is 0 Å². The lowest BCUT2D eigenvalue weighted by molar-refractivity contribution is 0.398. The fourth-order valence-electron chi connectivity index (χ4n) is 0.606. The second-order valence-corrected chi connectivity index (χ2v) is 2.62. The van der Waals surface area contributed by atoms with Gasteiger partial charge in [0.1, 0.15) is 0 Å². The van der Waals surface area contributed by atoms with Gasteiger partial charge in [-0.1, -0.05) is 13.8 Å². The third kappa shape index (κ3) is 3.71. The van der Waals surface area contributed by atoms with Crippen LogP contribution in [0.4, 0.5) is 0 Å². The second-order valence-electron chi connectivity index (χ2n) is 1.82. The molecule has 0 unspecified atom stereocenters. The first kappa shape index (κ1) is 11.4. The van der Waals surface area contributed by atoms with E-state index in [1.165, 1.54) is 0 Å². The largest absolute Gasteiger partial charge is 0.264 e. The van der Waals surface area contributed by atoms with Gasteiger partial charge >= 0.3 is 0 Å². The highest BCUT2D eigenvalue weighted by atomic mass is 32.2. The van der Waals surface area contributed by atoms with Gasteiger partial charge in [0.15, 0.2) is 0 Å². The SMILES string of the molecule is CC.Cc1cnccc1SON. The van der Waals surface area contributed by atoms with Crippen molar-refractivity contribution in [2.24, 2.45) is 5.90 Å². The molecule has 0 atom stereocenters. The molecule has 68 valence electrons. The van der Waals surface area contributed by atoms with Gasteiger partial charge < -0.3 is 0 Å². The summed E-state index contributed by atoms with van der Waals surface area (Å²) in [4.78, 5) is 4.92. The lowest BCUT2D eigenvalue weighted by Gasteiger charge is -1.98. The van der Waals surface area contributed by atoms with Gasteiger partial charge in [0.2, 0.25) is 0 Å². The van der Waals surface area contributed by atoms with Crippen molar-refractivity contribution in [1.82, 2.24) is 4.98 Å². The molecule has 0 fully saturated rings. The van der Waals surface area contributed by atoms with E-state index < -0.39 is 0 Å². The number of aromatic nitrogens is 1. The van der Waals surface area contributed by atoms with E-state index in [1.54, 1.807) is 12.4 Å². The maximum atomic E-state index is 4.87. The summed E-state index contributed by atoms with van der Waals surface area (Å²) in [6, 6.07) is 1.85. The number of hydrogen-bond acceptors (Lipinski definition) is 4. The molecule has 2 N–H and O–H groups in total. The number of pyridine rings is 1. The zero-order chi connectivity index (χ0) is 9.40. The standard InChI is InChI=1S/C6H8N2OS.C2H6/c1-5-4-8-3-2-6(5)10-9-7;1-2/h2-4H,7H2,1H3;1-2H3. The molecule has 1 rings (SSSR count). The first-order valence-corrected chi connectivity index (χ1v) is 4.53. The summed E-state index contributed by atoms with van der Waals surface area (Å²) < 4.78 is 4.40. The summed E-state index contributed by atoms with van der Waals surface area (Å²) in [6.45, 7) is 5.95. The van der Waals surface area contributed by atoms with Crippen LogP contribution >= 0.6 is 12.0 Å². The third-order valence-corrected chi connectivity index (χ3v) is 1.84. The Balaban J connectivity index is 0.000000561. The number of nitrogens with zero attached hydrogens (tertiary/aromatic N) is 1. The first-order chi connectivity index (χ1) is 5.84. The third-order valence-electron chi connectivity index (χ3n) is 1.11. The van der Waals surface area contributed by atoms with E-state index in [0.29, 0.717) is 0 Å². The van der Waals surface area contributed by atoms with Crippen LogP contribution < -0.4 is 5.90 Å². The van der Waals surface area contributed by atoms with E-state index in [1.807, 2.05) is 26.8 Å². The number of rotatable bonds is 2. The Morgan fingerprint density at radius 1 is 1.50 bits per heavy atom. The zero-order valence-electron chi connectivity index (χ0n) is 7.57. The van der Waals surface area contributed by atoms with Crippen molar-refractivity contribution in [1.29, 1.82) is 0 Å². The molecule has 0 amide bonds. The summed E-state index contributed by atoms with van der Waals surface area (Å²) in [6.07, 6.45) is 3.47. The van der Waals surface area contributed by atoms with E-state index in [2.05, 4.69) is 9.27 Å². The first-order valence-electron chi connectivity index (χ1n) is 3.78. The van der Waals surface area contributed by atoms with Crippen LogP contribution in [0, 0.1) is 6.92 Å².